The molecule has 0 aromatic carbocycles. The SMILES string of the molecule is CCOC(=O)/C(C=O)=C(\C)O.CCOC(=O)/C(C=O)=C(\C)O.[Co]. The van der Waals surface area contributed by atoms with Gasteiger partial charge in [-0.25, -0.2) is 9.59 Å². The average molecular weight is 375 g/mol. The summed E-state index contributed by atoms with van der Waals surface area (Å²) in [7, 11) is 0. The van der Waals surface area contributed by atoms with E-state index in [-0.39, 0.29) is 65.2 Å². The first-order chi connectivity index (χ1) is 10.3. The molecule has 0 atom stereocenters. The maximum atomic E-state index is 10.7. The summed E-state index contributed by atoms with van der Waals surface area (Å²) in [4.78, 5) is 41.8. The third-order valence-electron chi connectivity index (χ3n) is 2.01. The van der Waals surface area contributed by atoms with Gasteiger partial charge in [0.05, 0.1) is 13.2 Å². The Hall–Kier alpha value is -2.13. The van der Waals surface area contributed by atoms with E-state index in [0.29, 0.717) is 0 Å². The first-order valence-electron chi connectivity index (χ1n) is 6.30. The second kappa shape index (κ2) is 14.8. The van der Waals surface area contributed by atoms with Gasteiger partial charge in [-0.05, 0) is 27.7 Å². The Balaban J connectivity index is -0.000000333. The summed E-state index contributed by atoms with van der Waals surface area (Å²) in [5.41, 5.74) is -0.654. The Bertz CT molecular complexity index is 427. The summed E-state index contributed by atoms with van der Waals surface area (Å²) in [6.45, 7) is 6.11. The molecule has 0 heterocycles. The summed E-state index contributed by atoms with van der Waals surface area (Å²) in [6.07, 6.45) is 0.542. The molecule has 2 N–H and O–H groups in total. The minimum atomic E-state index is -0.789. The Labute approximate surface area is 144 Å². The number of ether oxygens (including phenoxy) is 2. The summed E-state index contributed by atoms with van der Waals surface area (Å²) in [6, 6.07) is 0. The smallest absolute Gasteiger partial charge is 0.344 e. The van der Waals surface area contributed by atoms with Gasteiger partial charge in [0.15, 0.2) is 12.6 Å². The van der Waals surface area contributed by atoms with Gasteiger partial charge < -0.3 is 19.7 Å². The second-order valence-electron chi connectivity index (χ2n) is 3.67. The van der Waals surface area contributed by atoms with Crippen molar-refractivity contribution in [3.63, 3.8) is 0 Å². The Morgan fingerprint density at radius 3 is 1.22 bits per heavy atom. The number of carbonyl (C=O) groups excluding carboxylic acids is 4. The van der Waals surface area contributed by atoms with Crippen LogP contribution in [-0.4, -0.2) is 47.9 Å². The minimum absolute atomic E-state index is 0. The molecule has 0 aromatic heterocycles. The zero-order valence-electron chi connectivity index (χ0n) is 13.2. The number of rotatable bonds is 6. The Morgan fingerprint density at radius 1 is 0.826 bits per heavy atom. The van der Waals surface area contributed by atoms with Crippen molar-refractivity contribution in [2.45, 2.75) is 27.7 Å². The molecule has 0 unspecified atom stereocenters. The zero-order valence-corrected chi connectivity index (χ0v) is 14.3. The van der Waals surface area contributed by atoms with E-state index in [1.54, 1.807) is 13.8 Å². The van der Waals surface area contributed by atoms with Gasteiger partial charge in [0.25, 0.3) is 0 Å². The van der Waals surface area contributed by atoms with Crippen LogP contribution in [-0.2, 0) is 45.4 Å². The predicted molar refractivity (Wildman–Crippen MR) is 76.1 cm³/mol. The molecule has 0 bridgehead atoms. The van der Waals surface area contributed by atoms with Crippen LogP contribution in [0.25, 0.3) is 0 Å². The van der Waals surface area contributed by atoms with Crippen LogP contribution >= 0.6 is 0 Å². The van der Waals surface area contributed by atoms with Crippen LogP contribution in [0, 0.1) is 0 Å². The summed E-state index contributed by atoms with van der Waals surface area (Å²) < 4.78 is 8.94. The Morgan fingerprint density at radius 2 is 1.09 bits per heavy atom. The van der Waals surface area contributed by atoms with Gasteiger partial charge >= 0.3 is 11.9 Å². The normalized spacial score (nSPS) is 11.3. The number of allylic oxidation sites excluding steroid dienone is 2. The summed E-state index contributed by atoms with van der Waals surface area (Å²) >= 11 is 0. The maximum Gasteiger partial charge on any atom is 0.344 e. The van der Waals surface area contributed by atoms with Gasteiger partial charge in [0.1, 0.15) is 22.7 Å². The van der Waals surface area contributed by atoms with Gasteiger partial charge in [-0.3, -0.25) is 9.59 Å². The predicted octanol–water partition coefficient (Wildman–Crippen LogP) is 1.16. The molecule has 0 aliphatic carbocycles. The molecule has 23 heavy (non-hydrogen) atoms. The fourth-order valence-corrected chi connectivity index (χ4v) is 0.980. The molecule has 0 aromatic rings. The van der Waals surface area contributed by atoms with Crippen molar-refractivity contribution in [2.75, 3.05) is 13.2 Å². The molecule has 0 spiro atoms. The third-order valence-corrected chi connectivity index (χ3v) is 2.01. The van der Waals surface area contributed by atoms with E-state index in [9.17, 15) is 19.2 Å². The molecule has 0 rings (SSSR count). The maximum absolute atomic E-state index is 10.7. The molecule has 0 aliphatic heterocycles. The number of hydrogen-bond donors (Lipinski definition) is 2. The van der Waals surface area contributed by atoms with Gasteiger partial charge in [0.2, 0.25) is 0 Å². The molecular formula is C14H20CoO8. The van der Waals surface area contributed by atoms with Crippen LogP contribution < -0.4 is 0 Å². The number of aldehydes is 2. The van der Waals surface area contributed by atoms with E-state index in [2.05, 4.69) is 9.47 Å². The first kappa shape index (κ1) is 25.8. The van der Waals surface area contributed by atoms with Crippen LogP contribution in [0.2, 0.25) is 0 Å². The Kier molecular flexibility index (Phi) is 16.6. The van der Waals surface area contributed by atoms with Crippen LogP contribution in [0.15, 0.2) is 22.7 Å². The van der Waals surface area contributed by atoms with Crippen LogP contribution in [0.1, 0.15) is 27.7 Å². The van der Waals surface area contributed by atoms with Crippen LogP contribution in [0.4, 0.5) is 0 Å². The molecule has 1 radical (unpaired) electrons. The number of hydrogen-bond acceptors (Lipinski definition) is 8. The van der Waals surface area contributed by atoms with Gasteiger partial charge in [0, 0.05) is 16.8 Å². The number of carbonyl (C=O) groups is 4. The van der Waals surface area contributed by atoms with Crippen molar-refractivity contribution >= 4 is 24.5 Å². The van der Waals surface area contributed by atoms with E-state index >= 15 is 0 Å². The minimum Gasteiger partial charge on any atom is -0.512 e. The zero-order chi connectivity index (χ0) is 17.7. The van der Waals surface area contributed by atoms with Crippen molar-refractivity contribution in [3.05, 3.63) is 22.7 Å². The molecule has 0 aliphatic rings. The van der Waals surface area contributed by atoms with E-state index in [1.165, 1.54) is 13.8 Å². The number of aliphatic hydroxyl groups is 2. The van der Waals surface area contributed by atoms with E-state index < -0.39 is 11.9 Å². The summed E-state index contributed by atoms with van der Waals surface area (Å²) in [5.74, 6) is -2.22. The molecular weight excluding hydrogens is 355 g/mol. The first-order valence-corrected chi connectivity index (χ1v) is 6.30. The molecule has 8 nitrogen and oxygen atoms in total. The van der Waals surface area contributed by atoms with Crippen molar-refractivity contribution < 1.29 is 55.6 Å². The number of aliphatic hydroxyl groups excluding tert-OH is 2. The van der Waals surface area contributed by atoms with Crippen molar-refractivity contribution in [3.8, 4) is 0 Å². The number of esters is 2. The molecule has 133 valence electrons. The molecule has 9 heteroatoms. The largest absolute Gasteiger partial charge is 0.512 e. The fourth-order valence-electron chi connectivity index (χ4n) is 0.980. The molecule has 0 amide bonds. The van der Waals surface area contributed by atoms with Crippen molar-refractivity contribution in [1.82, 2.24) is 0 Å². The van der Waals surface area contributed by atoms with Gasteiger partial charge in [-0.1, -0.05) is 0 Å². The molecule has 0 saturated heterocycles. The topological polar surface area (TPSA) is 127 Å². The van der Waals surface area contributed by atoms with Gasteiger partial charge in [-0.2, -0.15) is 0 Å². The van der Waals surface area contributed by atoms with Crippen molar-refractivity contribution in [1.29, 1.82) is 0 Å². The second-order valence-corrected chi connectivity index (χ2v) is 3.67. The monoisotopic (exact) mass is 375 g/mol. The average Bonchev–Trinajstić information content (AvgIpc) is 2.40. The molecule has 0 fully saturated rings. The fraction of sp³-hybridized carbons (Fsp3) is 0.429. The molecule has 0 saturated carbocycles. The van der Waals surface area contributed by atoms with E-state index in [1.807, 2.05) is 0 Å². The third kappa shape index (κ3) is 11.1. The van der Waals surface area contributed by atoms with Crippen LogP contribution in [0.3, 0.4) is 0 Å². The van der Waals surface area contributed by atoms with Gasteiger partial charge in [-0.15, -0.1) is 0 Å². The van der Waals surface area contributed by atoms with E-state index in [4.69, 9.17) is 10.2 Å². The van der Waals surface area contributed by atoms with E-state index in [0.717, 1.165) is 0 Å². The summed E-state index contributed by atoms with van der Waals surface area (Å²) in [5, 5.41) is 17.5. The van der Waals surface area contributed by atoms with Crippen LogP contribution in [0.5, 0.6) is 0 Å². The quantitative estimate of drug-likeness (QED) is 0.177. The van der Waals surface area contributed by atoms with Crippen molar-refractivity contribution in [2.24, 2.45) is 0 Å². The standard InChI is InChI=1S/2C7H10O4.Co/c2*1-3-11-7(10)6(4-8)5(2)9;/h2*4,9H,3H2,1-2H3;/b2*6-5+;.